The summed E-state index contributed by atoms with van der Waals surface area (Å²) in [5.74, 6) is -0.580. The van der Waals surface area contributed by atoms with E-state index in [1.807, 2.05) is 25.1 Å². The number of rotatable bonds is 3. The lowest BCUT2D eigenvalue weighted by Crippen LogP contribution is -2.21. The summed E-state index contributed by atoms with van der Waals surface area (Å²) in [4.78, 5) is 14.4. The third-order valence-electron chi connectivity index (χ3n) is 5.09. The molecule has 25 heavy (non-hydrogen) atoms. The lowest BCUT2D eigenvalue weighted by Gasteiger charge is -2.18. The van der Waals surface area contributed by atoms with Crippen molar-refractivity contribution in [2.45, 2.75) is 32.0 Å². The zero-order valence-electron chi connectivity index (χ0n) is 14.0. The van der Waals surface area contributed by atoms with Gasteiger partial charge in [0.25, 0.3) is 0 Å². The molecule has 4 nitrogen and oxygen atoms in total. The maximum atomic E-state index is 13.3. The number of benzene rings is 2. The van der Waals surface area contributed by atoms with Crippen molar-refractivity contribution in [3.8, 4) is 0 Å². The van der Waals surface area contributed by atoms with E-state index in [2.05, 4.69) is 4.90 Å². The van der Waals surface area contributed by atoms with Crippen LogP contribution in [0.1, 0.15) is 39.6 Å². The number of nitrogens with zero attached hydrogens (tertiary/aromatic N) is 1. The Hall–Kier alpha value is -2.40. The van der Waals surface area contributed by atoms with Gasteiger partial charge < -0.3 is 14.7 Å². The fourth-order valence-electron chi connectivity index (χ4n) is 3.67. The van der Waals surface area contributed by atoms with Gasteiger partial charge in [0.2, 0.25) is 0 Å². The van der Waals surface area contributed by atoms with Crippen LogP contribution < -0.4 is 4.90 Å². The minimum Gasteiger partial charge on any atom is -0.454 e. The smallest absolute Gasteiger partial charge is 0.339 e. The van der Waals surface area contributed by atoms with Crippen molar-refractivity contribution in [1.82, 2.24) is 0 Å². The number of carbonyl (C=O) groups is 1. The third kappa shape index (κ3) is 3.00. The van der Waals surface area contributed by atoms with Crippen LogP contribution in [0.15, 0.2) is 36.4 Å². The normalized spacial score (nSPS) is 22.2. The first-order valence-corrected chi connectivity index (χ1v) is 8.54. The average molecular weight is 341 g/mol. The molecule has 0 bridgehead atoms. The number of cyclic esters (lactones) is 1. The Kier molecular flexibility index (Phi) is 3.96. The molecule has 5 heteroatoms. The molecule has 1 N–H and O–H groups in total. The van der Waals surface area contributed by atoms with Crippen LogP contribution in [0.3, 0.4) is 0 Å². The predicted molar refractivity (Wildman–Crippen MR) is 92.3 cm³/mol. The fourth-order valence-corrected chi connectivity index (χ4v) is 3.67. The largest absolute Gasteiger partial charge is 0.454 e. The van der Waals surface area contributed by atoms with Crippen molar-refractivity contribution < 1.29 is 19.0 Å². The molecule has 0 aromatic heterocycles. The van der Waals surface area contributed by atoms with E-state index < -0.39 is 0 Å². The van der Waals surface area contributed by atoms with Crippen LogP contribution in [-0.4, -0.2) is 30.3 Å². The number of hydrogen-bond donors (Lipinski definition) is 1. The van der Waals surface area contributed by atoms with Crippen molar-refractivity contribution in [1.29, 1.82) is 0 Å². The molecule has 0 amide bonds. The highest BCUT2D eigenvalue weighted by Gasteiger charge is 2.32. The third-order valence-corrected chi connectivity index (χ3v) is 5.09. The zero-order valence-corrected chi connectivity index (χ0v) is 14.0. The molecule has 4 rings (SSSR count). The number of fused-ring (bicyclic) bond motifs is 1. The molecule has 2 aromatic carbocycles. The molecule has 2 aliphatic heterocycles. The summed E-state index contributed by atoms with van der Waals surface area (Å²) in [5.41, 5.74) is 4.22. The van der Waals surface area contributed by atoms with E-state index in [0.29, 0.717) is 18.5 Å². The van der Waals surface area contributed by atoms with Crippen LogP contribution in [0.25, 0.3) is 0 Å². The van der Waals surface area contributed by atoms with Gasteiger partial charge in [0.05, 0.1) is 11.7 Å². The van der Waals surface area contributed by atoms with Crippen LogP contribution in [-0.2, 0) is 11.2 Å². The summed E-state index contributed by atoms with van der Waals surface area (Å²) in [7, 11) is 0. The Morgan fingerprint density at radius 2 is 2.12 bits per heavy atom. The molecular weight excluding hydrogens is 321 g/mol. The number of aliphatic hydroxyl groups excluding tert-OH is 1. The molecule has 1 unspecified atom stereocenters. The summed E-state index contributed by atoms with van der Waals surface area (Å²) in [6.45, 7) is 3.23. The lowest BCUT2D eigenvalue weighted by molar-refractivity contribution is 0.0386. The van der Waals surface area contributed by atoms with Crippen LogP contribution in [0.5, 0.6) is 0 Å². The van der Waals surface area contributed by atoms with Crippen molar-refractivity contribution in [2.24, 2.45) is 0 Å². The van der Waals surface area contributed by atoms with Gasteiger partial charge in [0.1, 0.15) is 11.9 Å². The van der Waals surface area contributed by atoms with E-state index in [1.165, 1.54) is 12.1 Å². The number of β-amino-alcohol motifs (C(OH)–C–C–N with tert-alkyl or cyclic N) is 1. The summed E-state index contributed by atoms with van der Waals surface area (Å²) in [5, 5.41) is 9.70. The summed E-state index contributed by atoms with van der Waals surface area (Å²) in [6.07, 6.45) is 0.625. The van der Waals surface area contributed by atoms with Gasteiger partial charge in [-0.25, -0.2) is 9.18 Å². The highest BCUT2D eigenvalue weighted by atomic mass is 19.1. The molecule has 1 fully saturated rings. The molecule has 0 saturated carbocycles. The maximum absolute atomic E-state index is 13.3. The van der Waals surface area contributed by atoms with Crippen molar-refractivity contribution in [3.63, 3.8) is 0 Å². The molecule has 2 aromatic rings. The van der Waals surface area contributed by atoms with Gasteiger partial charge in [0.15, 0.2) is 0 Å². The van der Waals surface area contributed by atoms with Crippen LogP contribution >= 0.6 is 0 Å². The van der Waals surface area contributed by atoms with Crippen molar-refractivity contribution in [3.05, 3.63) is 64.5 Å². The molecule has 0 aliphatic carbocycles. The highest BCUT2D eigenvalue weighted by Crippen LogP contribution is 2.36. The minimum absolute atomic E-state index is 0.262. The summed E-state index contributed by atoms with van der Waals surface area (Å²) < 4.78 is 18.8. The molecule has 130 valence electrons. The molecule has 0 spiro atoms. The fraction of sp³-hybridized carbons (Fsp3) is 0.350. The average Bonchev–Trinajstić information content (AvgIpc) is 3.14. The quantitative estimate of drug-likeness (QED) is 0.872. The first kappa shape index (κ1) is 16.1. The van der Waals surface area contributed by atoms with E-state index >= 15 is 0 Å². The molecular formula is C20H20FNO3. The molecule has 1 saturated heterocycles. The van der Waals surface area contributed by atoms with E-state index in [0.717, 1.165) is 35.3 Å². The first-order chi connectivity index (χ1) is 12.0. The Morgan fingerprint density at radius 1 is 1.28 bits per heavy atom. The summed E-state index contributed by atoms with van der Waals surface area (Å²) in [6, 6.07) is 10.4. The maximum Gasteiger partial charge on any atom is 0.339 e. The van der Waals surface area contributed by atoms with Gasteiger partial charge in [-0.05, 0) is 48.7 Å². The van der Waals surface area contributed by atoms with Gasteiger partial charge in [0, 0.05) is 30.8 Å². The molecule has 2 aliphatic rings. The van der Waals surface area contributed by atoms with Gasteiger partial charge >= 0.3 is 5.97 Å². The topological polar surface area (TPSA) is 49.8 Å². The second-order valence-electron chi connectivity index (χ2n) is 6.83. The Morgan fingerprint density at radius 3 is 2.84 bits per heavy atom. The van der Waals surface area contributed by atoms with Gasteiger partial charge in [-0.1, -0.05) is 12.1 Å². The lowest BCUT2D eigenvalue weighted by atomic mass is 9.96. The standard InChI is InChI=1S/C20H20FNO3/c1-12-8-14(21)3-2-13(12)9-19-17-5-4-15(10-18(17)20(24)25-19)22-7-6-16(23)11-22/h2-5,8,10,16,19,23H,6-7,9,11H2,1H3/t16-,19?/m1/s1. The number of anilines is 1. The number of carbonyl (C=O) groups excluding carboxylic acids is 1. The minimum atomic E-state index is -0.343. The van der Waals surface area contributed by atoms with E-state index in [4.69, 9.17) is 4.74 Å². The van der Waals surface area contributed by atoms with Crippen LogP contribution in [0.2, 0.25) is 0 Å². The van der Waals surface area contributed by atoms with Gasteiger partial charge in [-0.15, -0.1) is 0 Å². The van der Waals surface area contributed by atoms with E-state index in [-0.39, 0.29) is 24.0 Å². The Labute approximate surface area is 145 Å². The number of halogens is 1. The van der Waals surface area contributed by atoms with Crippen LogP contribution in [0, 0.1) is 12.7 Å². The number of hydrogen-bond acceptors (Lipinski definition) is 4. The van der Waals surface area contributed by atoms with Crippen LogP contribution in [0.4, 0.5) is 10.1 Å². The number of aryl methyl sites for hydroxylation is 1. The van der Waals surface area contributed by atoms with Crippen molar-refractivity contribution >= 4 is 11.7 Å². The first-order valence-electron chi connectivity index (χ1n) is 8.54. The van der Waals surface area contributed by atoms with Gasteiger partial charge in [-0.3, -0.25) is 0 Å². The predicted octanol–water partition coefficient (Wildman–Crippen LogP) is 3.16. The SMILES string of the molecule is Cc1cc(F)ccc1CC1OC(=O)c2cc(N3CC[C@@H](O)C3)ccc21. The monoisotopic (exact) mass is 341 g/mol. The molecule has 2 atom stereocenters. The number of esters is 1. The number of aliphatic hydroxyl groups is 1. The zero-order chi connectivity index (χ0) is 17.6. The Bertz CT molecular complexity index is 836. The molecule has 0 radical (unpaired) electrons. The second kappa shape index (κ2) is 6.15. The highest BCUT2D eigenvalue weighted by molar-refractivity contribution is 5.95. The van der Waals surface area contributed by atoms with Gasteiger partial charge in [-0.2, -0.15) is 0 Å². The molecule has 2 heterocycles. The Balaban J connectivity index is 1.59. The number of ether oxygens (including phenoxy) is 1. The summed E-state index contributed by atoms with van der Waals surface area (Å²) >= 11 is 0. The second-order valence-corrected chi connectivity index (χ2v) is 6.83. The van der Waals surface area contributed by atoms with Crippen molar-refractivity contribution in [2.75, 3.05) is 18.0 Å². The van der Waals surface area contributed by atoms with E-state index in [1.54, 1.807) is 6.07 Å². The van der Waals surface area contributed by atoms with E-state index in [9.17, 15) is 14.3 Å².